The van der Waals surface area contributed by atoms with Crippen LogP contribution in [0.5, 0.6) is 0 Å². The number of piperidine rings is 1. The van der Waals surface area contributed by atoms with Crippen LogP contribution in [0.4, 0.5) is 0 Å². The molecule has 1 aromatic carbocycles. The van der Waals surface area contributed by atoms with Gasteiger partial charge in [0.2, 0.25) is 17.7 Å². The Labute approximate surface area is 160 Å². The zero-order valence-electron chi connectivity index (χ0n) is 16.2. The van der Waals surface area contributed by atoms with E-state index in [-0.39, 0.29) is 24.9 Å². The molecule has 0 spiro atoms. The second-order valence-corrected chi connectivity index (χ2v) is 7.26. The minimum Gasteiger partial charge on any atom is -0.350 e. The SMILES string of the molecule is CC(=O)NCC(=O)NCC(=O)NCc1ccc(CN2CCCC(C)C2)cc1. The van der Waals surface area contributed by atoms with Crippen molar-refractivity contribution in [1.29, 1.82) is 0 Å². The van der Waals surface area contributed by atoms with E-state index in [1.54, 1.807) is 0 Å². The molecule has 0 bridgehead atoms. The van der Waals surface area contributed by atoms with E-state index in [2.05, 4.69) is 39.9 Å². The zero-order chi connectivity index (χ0) is 19.6. The van der Waals surface area contributed by atoms with E-state index in [1.165, 1.54) is 25.3 Å². The number of benzene rings is 1. The summed E-state index contributed by atoms with van der Waals surface area (Å²) in [4.78, 5) is 36.5. The summed E-state index contributed by atoms with van der Waals surface area (Å²) in [6, 6.07) is 8.27. The van der Waals surface area contributed by atoms with E-state index in [9.17, 15) is 14.4 Å². The van der Waals surface area contributed by atoms with Crippen LogP contribution in [-0.4, -0.2) is 48.8 Å². The third-order valence-corrected chi connectivity index (χ3v) is 4.60. The summed E-state index contributed by atoms with van der Waals surface area (Å²) in [5.41, 5.74) is 2.30. The average molecular weight is 374 g/mol. The van der Waals surface area contributed by atoms with Gasteiger partial charge in [-0.1, -0.05) is 31.2 Å². The normalized spacial score (nSPS) is 17.2. The Morgan fingerprint density at radius 1 is 1.00 bits per heavy atom. The molecule has 0 saturated carbocycles. The number of nitrogens with zero attached hydrogens (tertiary/aromatic N) is 1. The minimum absolute atomic E-state index is 0.107. The molecule has 0 aromatic heterocycles. The summed E-state index contributed by atoms with van der Waals surface area (Å²) < 4.78 is 0. The van der Waals surface area contributed by atoms with Crippen molar-refractivity contribution in [2.75, 3.05) is 26.2 Å². The highest BCUT2D eigenvalue weighted by atomic mass is 16.2. The molecule has 148 valence electrons. The number of carbonyl (C=O) groups is 3. The third kappa shape index (κ3) is 8.21. The molecule has 1 fully saturated rings. The summed E-state index contributed by atoms with van der Waals surface area (Å²) in [7, 11) is 0. The second-order valence-electron chi connectivity index (χ2n) is 7.26. The highest BCUT2D eigenvalue weighted by molar-refractivity contribution is 5.87. The van der Waals surface area contributed by atoms with Gasteiger partial charge >= 0.3 is 0 Å². The van der Waals surface area contributed by atoms with Gasteiger partial charge in [-0.2, -0.15) is 0 Å². The predicted molar refractivity (Wildman–Crippen MR) is 104 cm³/mol. The van der Waals surface area contributed by atoms with Gasteiger partial charge in [0.05, 0.1) is 13.1 Å². The quantitative estimate of drug-likeness (QED) is 0.627. The van der Waals surface area contributed by atoms with Gasteiger partial charge in [0.15, 0.2) is 0 Å². The molecule has 7 heteroatoms. The van der Waals surface area contributed by atoms with Crippen LogP contribution in [0.3, 0.4) is 0 Å². The zero-order valence-corrected chi connectivity index (χ0v) is 16.2. The van der Waals surface area contributed by atoms with E-state index in [4.69, 9.17) is 0 Å². The van der Waals surface area contributed by atoms with Crippen LogP contribution >= 0.6 is 0 Å². The van der Waals surface area contributed by atoms with Crippen LogP contribution < -0.4 is 16.0 Å². The second kappa shape index (κ2) is 10.7. The van der Waals surface area contributed by atoms with Crippen molar-refractivity contribution in [3.8, 4) is 0 Å². The lowest BCUT2D eigenvalue weighted by molar-refractivity contribution is -0.127. The molecule has 1 aliphatic rings. The van der Waals surface area contributed by atoms with Gasteiger partial charge in [0.1, 0.15) is 0 Å². The van der Waals surface area contributed by atoms with Crippen LogP contribution in [0.15, 0.2) is 24.3 Å². The van der Waals surface area contributed by atoms with E-state index >= 15 is 0 Å². The predicted octanol–water partition coefficient (Wildman–Crippen LogP) is 0.787. The molecule has 1 atom stereocenters. The van der Waals surface area contributed by atoms with Crippen LogP contribution in [0.25, 0.3) is 0 Å². The molecule has 27 heavy (non-hydrogen) atoms. The average Bonchev–Trinajstić information content (AvgIpc) is 2.64. The smallest absolute Gasteiger partial charge is 0.239 e. The fourth-order valence-corrected chi connectivity index (χ4v) is 3.16. The molecule has 3 N–H and O–H groups in total. The van der Waals surface area contributed by atoms with Crippen molar-refractivity contribution in [2.45, 2.75) is 39.8 Å². The first-order valence-corrected chi connectivity index (χ1v) is 9.50. The number of hydrogen-bond acceptors (Lipinski definition) is 4. The lowest BCUT2D eigenvalue weighted by Gasteiger charge is -2.30. The molecule has 1 aromatic rings. The number of amides is 3. The lowest BCUT2D eigenvalue weighted by atomic mass is 9.99. The fourth-order valence-electron chi connectivity index (χ4n) is 3.16. The summed E-state index contributed by atoms with van der Waals surface area (Å²) in [6.07, 6.45) is 2.59. The number of nitrogens with one attached hydrogen (secondary N) is 3. The first-order chi connectivity index (χ1) is 12.9. The highest BCUT2D eigenvalue weighted by Crippen LogP contribution is 2.18. The first-order valence-electron chi connectivity index (χ1n) is 9.50. The molecular weight excluding hydrogens is 344 g/mol. The minimum atomic E-state index is -0.392. The molecule has 0 aliphatic carbocycles. The van der Waals surface area contributed by atoms with Gasteiger partial charge < -0.3 is 16.0 Å². The molecule has 1 aliphatic heterocycles. The van der Waals surface area contributed by atoms with Crippen LogP contribution in [0.2, 0.25) is 0 Å². The largest absolute Gasteiger partial charge is 0.350 e. The molecule has 7 nitrogen and oxygen atoms in total. The van der Waals surface area contributed by atoms with Gasteiger partial charge in [-0.3, -0.25) is 19.3 Å². The van der Waals surface area contributed by atoms with Gasteiger partial charge in [0, 0.05) is 26.6 Å². The third-order valence-electron chi connectivity index (χ3n) is 4.60. The molecule has 3 amide bonds. The maximum Gasteiger partial charge on any atom is 0.239 e. The summed E-state index contributed by atoms with van der Waals surface area (Å²) >= 11 is 0. The Morgan fingerprint density at radius 2 is 1.63 bits per heavy atom. The van der Waals surface area contributed by atoms with Crippen molar-refractivity contribution in [1.82, 2.24) is 20.9 Å². The van der Waals surface area contributed by atoms with E-state index in [0.717, 1.165) is 31.1 Å². The molecule has 1 unspecified atom stereocenters. The van der Waals surface area contributed by atoms with Gasteiger partial charge in [-0.05, 0) is 36.4 Å². The fraction of sp³-hybridized carbons (Fsp3) is 0.550. The van der Waals surface area contributed by atoms with Gasteiger partial charge in [-0.15, -0.1) is 0 Å². The molecule has 1 heterocycles. The molecular formula is C20H30N4O3. The molecule has 1 saturated heterocycles. The molecule has 0 radical (unpaired) electrons. The van der Waals surface area contributed by atoms with Crippen molar-refractivity contribution >= 4 is 17.7 Å². The maximum absolute atomic E-state index is 11.8. The Hall–Kier alpha value is -2.41. The standard InChI is InChI=1S/C20H30N4O3/c1-15-4-3-9-24(13-15)14-18-7-5-17(6-8-18)10-22-20(27)12-23-19(26)11-21-16(2)25/h5-8,15H,3-4,9-14H2,1-2H3,(H,21,25)(H,22,27)(H,23,26). The summed E-state index contributed by atoms with van der Waals surface area (Å²) in [5.74, 6) is -0.172. The van der Waals surface area contributed by atoms with E-state index < -0.39 is 5.91 Å². The number of rotatable bonds is 8. The topological polar surface area (TPSA) is 90.5 Å². The monoisotopic (exact) mass is 374 g/mol. The summed E-state index contributed by atoms with van der Waals surface area (Å²) in [6.45, 7) is 7.11. The van der Waals surface area contributed by atoms with Crippen molar-refractivity contribution in [3.63, 3.8) is 0 Å². The Bertz CT molecular complexity index is 645. The lowest BCUT2D eigenvalue weighted by Crippen LogP contribution is -2.41. The van der Waals surface area contributed by atoms with E-state index in [0.29, 0.717) is 6.54 Å². The number of carbonyl (C=O) groups excluding carboxylic acids is 3. The van der Waals surface area contributed by atoms with Gasteiger partial charge in [-0.25, -0.2) is 0 Å². The molecule has 2 rings (SSSR count). The highest BCUT2D eigenvalue weighted by Gasteiger charge is 2.16. The van der Waals surface area contributed by atoms with Crippen molar-refractivity contribution in [2.24, 2.45) is 5.92 Å². The van der Waals surface area contributed by atoms with Gasteiger partial charge in [0.25, 0.3) is 0 Å². The number of hydrogen-bond donors (Lipinski definition) is 3. The summed E-state index contributed by atoms with van der Waals surface area (Å²) in [5, 5.41) is 7.61. The Morgan fingerprint density at radius 3 is 2.30 bits per heavy atom. The maximum atomic E-state index is 11.8. The van der Waals surface area contributed by atoms with E-state index in [1.807, 2.05) is 12.1 Å². The Kier molecular flexibility index (Phi) is 8.26. The first kappa shape index (κ1) is 20.9. The van der Waals surface area contributed by atoms with Crippen LogP contribution in [0, 0.1) is 5.92 Å². The Balaban J connectivity index is 1.67. The van der Waals surface area contributed by atoms with Crippen molar-refractivity contribution in [3.05, 3.63) is 35.4 Å². The van der Waals surface area contributed by atoms with Crippen LogP contribution in [-0.2, 0) is 27.5 Å². The van der Waals surface area contributed by atoms with Crippen molar-refractivity contribution < 1.29 is 14.4 Å². The van der Waals surface area contributed by atoms with Crippen LogP contribution in [0.1, 0.15) is 37.8 Å². The number of likely N-dealkylation sites (tertiary alicyclic amines) is 1.